The normalized spacial score (nSPS) is 21.5. The second-order valence-electron chi connectivity index (χ2n) is 6.12. The molecule has 0 aliphatic carbocycles. The van der Waals surface area contributed by atoms with Crippen molar-refractivity contribution in [1.82, 2.24) is 9.88 Å². The molecule has 1 N–H and O–H groups in total. The zero-order valence-electron chi connectivity index (χ0n) is 12.6. The van der Waals surface area contributed by atoms with Gasteiger partial charge in [-0.3, -0.25) is 0 Å². The Morgan fingerprint density at radius 1 is 1.25 bits per heavy atom. The van der Waals surface area contributed by atoms with Crippen molar-refractivity contribution >= 4 is 34.9 Å². The lowest BCUT2D eigenvalue weighted by Gasteiger charge is -2.36. The Morgan fingerprint density at radius 3 is 2.88 bits per heavy atom. The van der Waals surface area contributed by atoms with Gasteiger partial charge in [-0.2, -0.15) is 4.39 Å². The topological polar surface area (TPSA) is 45.2 Å². The summed E-state index contributed by atoms with van der Waals surface area (Å²) < 4.78 is 13.5. The van der Waals surface area contributed by atoms with Gasteiger partial charge in [0.15, 0.2) is 0 Å². The first kappa shape index (κ1) is 15.7. The Bertz CT molecular complexity index is 829. The highest BCUT2D eigenvalue weighted by Gasteiger charge is 2.42. The van der Waals surface area contributed by atoms with Crippen LogP contribution in [0.25, 0.3) is 0 Å². The van der Waals surface area contributed by atoms with E-state index in [1.54, 1.807) is 24.4 Å². The summed E-state index contributed by atoms with van der Waals surface area (Å²) in [6, 6.07) is 6.20. The number of halogens is 3. The number of hydrogen-bond donors (Lipinski definition) is 1. The second kappa shape index (κ2) is 5.90. The number of pyridine rings is 1. The van der Waals surface area contributed by atoms with Gasteiger partial charge in [0.25, 0.3) is 0 Å². The van der Waals surface area contributed by atoms with Gasteiger partial charge in [-0.25, -0.2) is 9.78 Å². The van der Waals surface area contributed by atoms with E-state index in [0.717, 1.165) is 24.0 Å². The summed E-state index contributed by atoms with van der Waals surface area (Å²) >= 11 is 11.9. The minimum atomic E-state index is -0.510. The standard InChI is InChI=1S/C17H14Cl2FN3O/c18-13-3-1-10(6-14(13)19)22-17(24)23-11-2-4-15(23)12-7-16(20)21-8-9(12)5-11/h1,3,6-8,11,15H,2,4-5H2,(H,22,24)/t11-,15+/m0/s1. The first-order chi connectivity index (χ1) is 11.5. The lowest BCUT2D eigenvalue weighted by Crippen LogP contribution is -2.44. The SMILES string of the molecule is O=C(Nc1ccc(Cl)c(Cl)c1)N1[C@H]2CC[C@@H]1c1cc(F)ncc1C2. The molecule has 3 heterocycles. The molecular weight excluding hydrogens is 352 g/mol. The van der Waals surface area contributed by atoms with E-state index >= 15 is 0 Å². The number of nitrogens with zero attached hydrogens (tertiary/aromatic N) is 2. The molecule has 2 amide bonds. The summed E-state index contributed by atoms with van der Waals surface area (Å²) in [5.74, 6) is -0.510. The van der Waals surface area contributed by atoms with Crippen LogP contribution in [0.4, 0.5) is 14.9 Å². The van der Waals surface area contributed by atoms with Crippen LogP contribution in [0.5, 0.6) is 0 Å². The predicted octanol–water partition coefficient (Wildman–Crippen LogP) is 4.82. The van der Waals surface area contributed by atoms with Gasteiger partial charge in [0.2, 0.25) is 5.95 Å². The van der Waals surface area contributed by atoms with Crippen LogP contribution >= 0.6 is 23.2 Å². The molecule has 0 spiro atoms. The molecule has 1 fully saturated rings. The van der Waals surface area contributed by atoms with Gasteiger partial charge in [-0.15, -0.1) is 0 Å². The van der Waals surface area contributed by atoms with Crippen molar-refractivity contribution in [1.29, 1.82) is 0 Å². The van der Waals surface area contributed by atoms with Crippen molar-refractivity contribution in [3.05, 3.63) is 57.6 Å². The highest BCUT2D eigenvalue weighted by molar-refractivity contribution is 6.42. The fourth-order valence-corrected chi connectivity index (χ4v) is 3.96. The minimum Gasteiger partial charge on any atom is -0.314 e. The Morgan fingerprint density at radius 2 is 2.08 bits per heavy atom. The number of aromatic nitrogens is 1. The molecule has 4 rings (SSSR count). The van der Waals surface area contributed by atoms with E-state index in [-0.39, 0.29) is 18.1 Å². The Labute approximate surface area is 148 Å². The molecule has 24 heavy (non-hydrogen) atoms. The zero-order valence-corrected chi connectivity index (χ0v) is 14.1. The molecule has 2 aromatic rings. The molecule has 2 aliphatic rings. The van der Waals surface area contributed by atoms with Crippen molar-refractivity contribution in [2.45, 2.75) is 31.3 Å². The summed E-state index contributed by atoms with van der Waals surface area (Å²) in [6.07, 6.45) is 4.02. The molecule has 124 valence electrons. The number of amides is 2. The third-order valence-electron chi connectivity index (χ3n) is 4.71. The number of hydrogen-bond acceptors (Lipinski definition) is 2. The van der Waals surface area contributed by atoms with Crippen LogP contribution < -0.4 is 5.32 Å². The highest BCUT2D eigenvalue weighted by Crippen LogP contribution is 2.43. The summed E-state index contributed by atoms with van der Waals surface area (Å²) in [6.45, 7) is 0. The largest absolute Gasteiger partial charge is 0.322 e. The van der Waals surface area contributed by atoms with Crippen LogP contribution in [0.1, 0.15) is 30.0 Å². The third kappa shape index (κ3) is 2.62. The minimum absolute atomic E-state index is 0.109. The molecule has 0 unspecified atom stereocenters. The number of benzene rings is 1. The Balaban J connectivity index is 1.60. The number of carbonyl (C=O) groups is 1. The molecule has 0 radical (unpaired) electrons. The van der Waals surface area contributed by atoms with Crippen LogP contribution in [0.15, 0.2) is 30.5 Å². The maximum atomic E-state index is 13.5. The van der Waals surface area contributed by atoms with Crippen molar-refractivity contribution in [3.8, 4) is 0 Å². The molecule has 0 saturated carbocycles. The van der Waals surface area contributed by atoms with Gasteiger partial charge in [0, 0.05) is 17.9 Å². The number of fused-ring (bicyclic) bond motifs is 4. The fraction of sp³-hybridized carbons (Fsp3) is 0.294. The lowest BCUT2D eigenvalue weighted by atomic mass is 9.95. The van der Waals surface area contributed by atoms with Gasteiger partial charge < -0.3 is 10.2 Å². The van der Waals surface area contributed by atoms with Crippen molar-refractivity contribution < 1.29 is 9.18 Å². The molecule has 4 nitrogen and oxygen atoms in total. The number of anilines is 1. The van der Waals surface area contributed by atoms with Crippen LogP contribution in [0.2, 0.25) is 10.0 Å². The Hall–Kier alpha value is -1.85. The molecular formula is C17H14Cl2FN3O. The predicted molar refractivity (Wildman–Crippen MR) is 91.0 cm³/mol. The zero-order chi connectivity index (χ0) is 16.8. The number of carbonyl (C=O) groups excluding carboxylic acids is 1. The van der Waals surface area contributed by atoms with Gasteiger partial charge in [0.05, 0.1) is 16.1 Å². The smallest absolute Gasteiger partial charge is 0.314 e. The number of nitrogens with one attached hydrogen (secondary N) is 1. The monoisotopic (exact) mass is 365 g/mol. The number of rotatable bonds is 1. The molecule has 7 heteroatoms. The van der Waals surface area contributed by atoms with Crippen molar-refractivity contribution in [3.63, 3.8) is 0 Å². The van der Waals surface area contributed by atoms with E-state index in [1.807, 2.05) is 4.90 Å². The van der Waals surface area contributed by atoms with E-state index in [1.165, 1.54) is 6.07 Å². The molecule has 1 aromatic heterocycles. The molecule has 2 atom stereocenters. The lowest BCUT2D eigenvalue weighted by molar-refractivity contribution is 0.179. The van der Waals surface area contributed by atoms with E-state index in [9.17, 15) is 9.18 Å². The maximum Gasteiger partial charge on any atom is 0.322 e. The Kier molecular flexibility index (Phi) is 3.85. The van der Waals surface area contributed by atoms with Gasteiger partial charge in [-0.1, -0.05) is 23.2 Å². The average Bonchev–Trinajstić information content (AvgIpc) is 2.88. The first-order valence-electron chi connectivity index (χ1n) is 7.71. The van der Waals surface area contributed by atoms with Gasteiger partial charge in [0.1, 0.15) is 0 Å². The van der Waals surface area contributed by atoms with Crippen LogP contribution in [0, 0.1) is 5.95 Å². The van der Waals surface area contributed by atoms with E-state index in [2.05, 4.69) is 10.3 Å². The third-order valence-corrected chi connectivity index (χ3v) is 5.45. The molecule has 1 saturated heterocycles. The number of urea groups is 1. The summed E-state index contributed by atoms with van der Waals surface area (Å²) in [7, 11) is 0. The molecule has 1 aromatic carbocycles. The van der Waals surface area contributed by atoms with Gasteiger partial charge in [-0.05, 0) is 54.7 Å². The molecule has 2 aliphatic heterocycles. The summed E-state index contributed by atoms with van der Waals surface area (Å²) in [5, 5.41) is 3.68. The van der Waals surface area contributed by atoms with E-state index in [0.29, 0.717) is 22.2 Å². The first-order valence-corrected chi connectivity index (χ1v) is 8.47. The van der Waals surface area contributed by atoms with Crippen LogP contribution in [0.3, 0.4) is 0 Å². The average molecular weight is 366 g/mol. The summed E-state index contributed by atoms with van der Waals surface area (Å²) in [5.41, 5.74) is 2.48. The second-order valence-corrected chi connectivity index (χ2v) is 6.94. The van der Waals surface area contributed by atoms with Crippen molar-refractivity contribution in [2.24, 2.45) is 0 Å². The maximum absolute atomic E-state index is 13.5. The quantitative estimate of drug-likeness (QED) is 0.736. The molecule has 2 bridgehead atoms. The van der Waals surface area contributed by atoms with Gasteiger partial charge >= 0.3 is 6.03 Å². The van der Waals surface area contributed by atoms with Crippen LogP contribution in [-0.4, -0.2) is 22.0 Å². The highest BCUT2D eigenvalue weighted by atomic mass is 35.5. The summed E-state index contributed by atoms with van der Waals surface area (Å²) in [4.78, 5) is 18.3. The van der Waals surface area contributed by atoms with Crippen molar-refractivity contribution in [2.75, 3.05) is 5.32 Å². The van der Waals surface area contributed by atoms with Crippen LogP contribution in [-0.2, 0) is 6.42 Å². The van der Waals surface area contributed by atoms with E-state index in [4.69, 9.17) is 23.2 Å². The fourth-order valence-electron chi connectivity index (χ4n) is 3.66. The van der Waals surface area contributed by atoms with E-state index < -0.39 is 5.95 Å².